The second-order valence-corrected chi connectivity index (χ2v) is 6.74. The average molecular weight is 309 g/mol. The third kappa shape index (κ3) is 3.59. The number of hydrogen-bond acceptors (Lipinski definition) is 2. The van der Waals surface area contributed by atoms with Crippen LogP contribution in [-0.2, 0) is 12.8 Å². The van der Waals surface area contributed by atoms with Crippen LogP contribution < -0.4 is 5.32 Å². The van der Waals surface area contributed by atoms with E-state index in [1.54, 1.807) is 6.07 Å². The quantitative estimate of drug-likeness (QED) is 0.857. The minimum atomic E-state index is 0.464. The zero-order valence-electron chi connectivity index (χ0n) is 14.1. The first kappa shape index (κ1) is 16.1. The first-order chi connectivity index (χ1) is 11.2. The van der Waals surface area contributed by atoms with Gasteiger partial charge in [-0.05, 0) is 54.4 Å². The molecule has 2 nitrogen and oxygen atoms in total. The maximum absolute atomic E-state index is 9.99. The number of fused-ring (bicyclic) bond motifs is 1. The maximum atomic E-state index is 9.99. The van der Waals surface area contributed by atoms with E-state index in [0.717, 1.165) is 31.2 Å². The van der Waals surface area contributed by atoms with E-state index < -0.39 is 0 Å². The fraction of sp³-hybridized carbons (Fsp3) is 0.429. The predicted molar refractivity (Wildman–Crippen MR) is 96.0 cm³/mol. The summed E-state index contributed by atoms with van der Waals surface area (Å²) in [6.45, 7) is 4.58. The molecule has 0 aliphatic heterocycles. The van der Waals surface area contributed by atoms with Crippen LogP contribution in [0.15, 0.2) is 48.5 Å². The lowest BCUT2D eigenvalue weighted by molar-refractivity contribution is 0.350. The van der Waals surface area contributed by atoms with E-state index in [0.29, 0.717) is 23.8 Å². The molecule has 0 amide bonds. The van der Waals surface area contributed by atoms with Crippen molar-refractivity contribution in [2.24, 2.45) is 0 Å². The molecule has 0 bridgehead atoms. The van der Waals surface area contributed by atoms with Crippen molar-refractivity contribution >= 4 is 0 Å². The summed E-state index contributed by atoms with van der Waals surface area (Å²) in [6.07, 6.45) is 4.21. The number of aromatic hydroxyl groups is 1. The first-order valence-electron chi connectivity index (χ1n) is 8.79. The van der Waals surface area contributed by atoms with Gasteiger partial charge in [0.1, 0.15) is 5.75 Å². The largest absolute Gasteiger partial charge is 0.508 e. The predicted octanol–water partition coefficient (Wildman–Crippen LogP) is 4.42. The van der Waals surface area contributed by atoms with E-state index in [4.69, 9.17) is 0 Å². The molecule has 2 aromatic carbocycles. The van der Waals surface area contributed by atoms with Gasteiger partial charge in [0.2, 0.25) is 0 Å². The summed E-state index contributed by atoms with van der Waals surface area (Å²) in [7, 11) is 0. The minimum Gasteiger partial charge on any atom is -0.508 e. The fourth-order valence-corrected chi connectivity index (χ4v) is 3.84. The van der Waals surface area contributed by atoms with Crippen molar-refractivity contribution in [1.29, 1.82) is 0 Å². The number of rotatable bonds is 5. The molecular weight excluding hydrogens is 282 g/mol. The molecule has 2 N–H and O–H groups in total. The molecule has 0 fully saturated rings. The van der Waals surface area contributed by atoms with Gasteiger partial charge in [0.15, 0.2) is 0 Å². The number of phenolic OH excluding ortho intramolecular Hbond substituents is 1. The van der Waals surface area contributed by atoms with Crippen molar-refractivity contribution in [2.45, 2.75) is 57.5 Å². The molecule has 2 aromatic rings. The standard InChI is InChI=1S/C21H27NO/c1-3-20(15(2)16-8-5-4-6-9-16)22-18-12-13-19-17(14-18)10-7-11-21(19)23/h4-11,15,18,20,22-23H,3,12-14H2,1-2H3. The SMILES string of the molecule is CCC(NC1CCc2c(O)cccc2C1)C(C)c1ccccc1. The van der Waals surface area contributed by atoms with Crippen molar-refractivity contribution < 1.29 is 5.11 Å². The number of benzene rings is 2. The normalized spacial score (nSPS) is 19.8. The summed E-state index contributed by atoms with van der Waals surface area (Å²) >= 11 is 0. The second kappa shape index (κ2) is 7.18. The highest BCUT2D eigenvalue weighted by Gasteiger charge is 2.25. The van der Waals surface area contributed by atoms with Gasteiger partial charge in [-0.1, -0.05) is 56.3 Å². The molecule has 2 heteroatoms. The van der Waals surface area contributed by atoms with Crippen LogP contribution in [0.4, 0.5) is 0 Å². The average Bonchev–Trinajstić information content (AvgIpc) is 2.60. The van der Waals surface area contributed by atoms with Gasteiger partial charge in [0, 0.05) is 12.1 Å². The lowest BCUT2D eigenvalue weighted by Crippen LogP contribution is -2.43. The Kier molecular flexibility index (Phi) is 5.02. The Morgan fingerprint density at radius 3 is 2.65 bits per heavy atom. The Bertz CT molecular complexity index is 638. The summed E-state index contributed by atoms with van der Waals surface area (Å²) in [5, 5.41) is 13.9. The molecule has 3 atom stereocenters. The Balaban J connectivity index is 1.68. The lowest BCUT2D eigenvalue weighted by Gasteiger charge is -2.32. The van der Waals surface area contributed by atoms with E-state index in [9.17, 15) is 5.11 Å². The zero-order chi connectivity index (χ0) is 16.2. The highest BCUT2D eigenvalue weighted by atomic mass is 16.3. The summed E-state index contributed by atoms with van der Waals surface area (Å²) in [5.74, 6) is 0.970. The van der Waals surface area contributed by atoms with Crippen LogP contribution >= 0.6 is 0 Å². The van der Waals surface area contributed by atoms with Gasteiger partial charge in [-0.15, -0.1) is 0 Å². The van der Waals surface area contributed by atoms with Crippen molar-refractivity contribution in [2.75, 3.05) is 0 Å². The highest BCUT2D eigenvalue weighted by Crippen LogP contribution is 2.30. The van der Waals surface area contributed by atoms with Gasteiger partial charge in [-0.25, -0.2) is 0 Å². The van der Waals surface area contributed by atoms with Crippen LogP contribution in [0.3, 0.4) is 0 Å². The van der Waals surface area contributed by atoms with Crippen molar-refractivity contribution in [3.8, 4) is 5.75 Å². The minimum absolute atomic E-state index is 0.464. The number of nitrogens with one attached hydrogen (secondary N) is 1. The molecular formula is C21H27NO. The van der Waals surface area contributed by atoms with Crippen molar-refractivity contribution in [1.82, 2.24) is 5.32 Å². The molecule has 1 aliphatic carbocycles. The molecule has 0 aromatic heterocycles. The summed E-state index contributed by atoms with van der Waals surface area (Å²) in [4.78, 5) is 0. The van der Waals surface area contributed by atoms with Crippen molar-refractivity contribution in [3.63, 3.8) is 0 Å². The Labute approximate surface area is 139 Å². The summed E-state index contributed by atoms with van der Waals surface area (Å²) in [6, 6.07) is 17.7. The lowest BCUT2D eigenvalue weighted by atomic mass is 9.85. The van der Waals surface area contributed by atoms with Crippen LogP contribution in [0.2, 0.25) is 0 Å². The third-order valence-corrected chi connectivity index (χ3v) is 5.28. The third-order valence-electron chi connectivity index (χ3n) is 5.28. The van der Waals surface area contributed by atoms with E-state index in [1.165, 1.54) is 11.1 Å². The van der Waals surface area contributed by atoms with Gasteiger partial charge in [-0.2, -0.15) is 0 Å². The summed E-state index contributed by atoms with van der Waals surface area (Å²) < 4.78 is 0. The van der Waals surface area contributed by atoms with Crippen LogP contribution in [0.25, 0.3) is 0 Å². The summed E-state index contributed by atoms with van der Waals surface area (Å²) in [5.41, 5.74) is 3.85. The van der Waals surface area contributed by atoms with E-state index in [-0.39, 0.29) is 0 Å². The van der Waals surface area contributed by atoms with Crippen LogP contribution in [-0.4, -0.2) is 17.2 Å². The monoisotopic (exact) mass is 309 g/mol. The molecule has 3 unspecified atom stereocenters. The van der Waals surface area contributed by atoms with Gasteiger partial charge in [0.05, 0.1) is 0 Å². The van der Waals surface area contributed by atoms with Gasteiger partial charge >= 0.3 is 0 Å². The van der Waals surface area contributed by atoms with E-state index in [2.05, 4.69) is 55.6 Å². The van der Waals surface area contributed by atoms with Crippen LogP contribution in [0.5, 0.6) is 5.75 Å². The molecule has 0 saturated carbocycles. The molecule has 1 aliphatic rings. The van der Waals surface area contributed by atoms with E-state index >= 15 is 0 Å². The smallest absolute Gasteiger partial charge is 0.119 e. The maximum Gasteiger partial charge on any atom is 0.119 e. The van der Waals surface area contributed by atoms with Gasteiger partial charge in [-0.3, -0.25) is 0 Å². The molecule has 122 valence electrons. The molecule has 0 radical (unpaired) electrons. The molecule has 23 heavy (non-hydrogen) atoms. The molecule has 0 saturated heterocycles. The molecule has 0 heterocycles. The highest BCUT2D eigenvalue weighted by molar-refractivity contribution is 5.41. The molecule has 3 rings (SSSR count). The second-order valence-electron chi connectivity index (χ2n) is 6.74. The Hall–Kier alpha value is -1.80. The number of phenols is 1. The van der Waals surface area contributed by atoms with Crippen LogP contribution in [0.1, 0.15) is 49.3 Å². The van der Waals surface area contributed by atoms with E-state index in [1.807, 2.05) is 6.07 Å². The fourth-order valence-electron chi connectivity index (χ4n) is 3.84. The Morgan fingerprint density at radius 1 is 1.13 bits per heavy atom. The molecule has 0 spiro atoms. The number of hydrogen-bond donors (Lipinski definition) is 2. The topological polar surface area (TPSA) is 32.3 Å². The van der Waals surface area contributed by atoms with Crippen LogP contribution in [0, 0.1) is 0 Å². The van der Waals surface area contributed by atoms with Gasteiger partial charge < -0.3 is 10.4 Å². The zero-order valence-corrected chi connectivity index (χ0v) is 14.1. The van der Waals surface area contributed by atoms with Gasteiger partial charge in [0.25, 0.3) is 0 Å². The van der Waals surface area contributed by atoms with Crippen molar-refractivity contribution in [3.05, 3.63) is 65.2 Å². The Morgan fingerprint density at radius 2 is 1.91 bits per heavy atom. The first-order valence-corrected chi connectivity index (χ1v) is 8.79.